The molecule has 94 valence electrons. The molecule has 0 spiro atoms. The van der Waals surface area contributed by atoms with Gasteiger partial charge in [0.05, 0.1) is 0 Å². The summed E-state index contributed by atoms with van der Waals surface area (Å²) in [5.74, 6) is 1.03. The third-order valence-electron chi connectivity index (χ3n) is 3.64. The summed E-state index contributed by atoms with van der Waals surface area (Å²) in [6, 6.07) is 8.97. The zero-order valence-electron chi connectivity index (χ0n) is 10.7. The Morgan fingerprint density at radius 2 is 2.28 bits per heavy atom. The molecule has 2 heterocycles. The molecule has 1 atom stereocenters. The van der Waals surface area contributed by atoms with Gasteiger partial charge in [0.2, 0.25) is 0 Å². The van der Waals surface area contributed by atoms with Crippen LogP contribution in [0.5, 0.6) is 0 Å². The number of hydrogen-bond donors (Lipinski definition) is 2. The van der Waals surface area contributed by atoms with Crippen LogP contribution in [0.15, 0.2) is 30.5 Å². The number of rotatable bonds is 2. The van der Waals surface area contributed by atoms with Crippen molar-refractivity contribution in [3.8, 4) is 0 Å². The van der Waals surface area contributed by atoms with E-state index in [0.717, 1.165) is 18.9 Å². The number of fused-ring (bicyclic) bond motifs is 1. The Labute approximate surface area is 108 Å². The quantitative estimate of drug-likeness (QED) is 0.849. The van der Waals surface area contributed by atoms with E-state index in [1.165, 1.54) is 29.2 Å². The van der Waals surface area contributed by atoms with Crippen LogP contribution in [-0.4, -0.2) is 24.1 Å². The summed E-state index contributed by atoms with van der Waals surface area (Å²) in [5, 5.41) is 9.53. The lowest BCUT2D eigenvalue weighted by atomic mass is 10.0. The van der Waals surface area contributed by atoms with E-state index in [-0.39, 0.29) is 0 Å². The zero-order chi connectivity index (χ0) is 12.4. The highest BCUT2D eigenvalue weighted by Gasteiger charge is 2.14. The topological polar surface area (TPSA) is 37.0 Å². The summed E-state index contributed by atoms with van der Waals surface area (Å²) < 4.78 is 0. The molecule has 1 fully saturated rings. The van der Waals surface area contributed by atoms with Gasteiger partial charge in [-0.3, -0.25) is 0 Å². The normalized spacial score (nSPS) is 19.9. The van der Waals surface area contributed by atoms with Crippen LogP contribution < -0.4 is 10.6 Å². The Morgan fingerprint density at radius 3 is 3.11 bits per heavy atom. The minimum Gasteiger partial charge on any atom is -0.366 e. The van der Waals surface area contributed by atoms with Gasteiger partial charge in [0, 0.05) is 24.2 Å². The summed E-state index contributed by atoms with van der Waals surface area (Å²) in [6.07, 6.45) is 4.35. The standard InChI is InChI=1S/C15H19N3/c1-11-4-2-5-12-7-9-17-15(14(11)12)18-13-6-3-8-16-10-13/h2,4-5,7,9,13,16H,3,6,8,10H2,1H3,(H,17,18)/t13-/m1/s1. The molecule has 18 heavy (non-hydrogen) atoms. The van der Waals surface area contributed by atoms with Crippen LogP contribution >= 0.6 is 0 Å². The Kier molecular flexibility index (Phi) is 3.15. The van der Waals surface area contributed by atoms with Crippen LogP contribution in [-0.2, 0) is 0 Å². The molecule has 1 saturated heterocycles. The van der Waals surface area contributed by atoms with E-state index in [0.29, 0.717) is 6.04 Å². The monoisotopic (exact) mass is 241 g/mol. The summed E-state index contributed by atoms with van der Waals surface area (Å²) >= 11 is 0. The van der Waals surface area contributed by atoms with Crippen molar-refractivity contribution in [1.82, 2.24) is 10.3 Å². The van der Waals surface area contributed by atoms with Gasteiger partial charge in [-0.2, -0.15) is 0 Å². The van der Waals surface area contributed by atoms with Crippen molar-refractivity contribution < 1.29 is 0 Å². The molecule has 2 N–H and O–H groups in total. The lowest BCUT2D eigenvalue weighted by Gasteiger charge is -2.25. The van der Waals surface area contributed by atoms with Crippen LogP contribution in [0.25, 0.3) is 10.8 Å². The molecule has 0 amide bonds. The molecule has 0 saturated carbocycles. The molecule has 3 heteroatoms. The fraction of sp³-hybridized carbons (Fsp3) is 0.400. The van der Waals surface area contributed by atoms with Gasteiger partial charge in [-0.25, -0.2) is 4.98 Å². The van der Waals surface area contributed by atoms with Crippen LogP contribution in [0.1, 0.15) is 18.4 Å². The van der Waals surface area contributed by atoms with Gasteiger partial charge in [-0.05, 0) is 43.3 Å². The predicted octanol–water partition coefficient (Wildman–Crippen LogP) is 2.71. The molecular weight excluding hydrogens is 222 g/mol. The number of benzene rings is 1. The third-order valence-corrected chi connectivity index (χ3v) is 3.64. The van der Waals surface area contributed by atoms with Gasteiger partial charge in [0.15, 0.2) is 0 Å². The van der Waals surface area contributed by atoms with Gasteiger partial charge in [0.25, 0.3) is 0 Å². The van der Waals surface area contributed by atoms with Gasteiger partial charge < -0.3 is 10.6 Å². The van der Waals surface area contributed by atoms with Crippen molar-refractivity contribution >= 4 is 16.6 Å². The van der Waals surface area contributed by atoms with Crippen molar-refractivity contribution in [3.05, 3.63) is 36.0 Å². The van der Waals surface area contributed by atoms with Crippen LogP contribution in [0.4, 0.5) is 5.82 Å². The maximum Gasteiger partial charge on any atom is 0.134 e. The summed E-state index contributed by atoms with van der Waals surface area (Å²) in [4.78, 5) is 4.52. The summed E-state index contributed by atoms with van der Waals surface area (Å²) in [5.41, 5.74) is 1.28. The molecule has 1 aromatic carbocycles. The number of pyridine rings is 1. The molecule has 1 aliphatic rings. The second-order valence-corrected chi connectivity index (χ2v) is 5.02. The number of aryl methyl sites for hydroxylation is 1. The van der Waals surface area contributed by atoms with Gasteiger partial charge >= 0.3 is 0 Å². The SMILES string of the molecule is Cc1cccc2ccnc(N[C@@H]3CCCNC3)c12. The minimum atomic E-state index is 0.497. The lowest BCUT2D eigenvalue weighted by molar-refractivity contribution is 0.479. The summed E-state index contributed by atoms with van der Waals surface area (Å²) in [6.45, 7) is 4.32. The molecule has 2 aromatic rings. The summed E-state index contributed by atoms with van der Waals surface area (Å²) in [7, 11) is 0. The Balaban J connectivity index is 1.95. The molecular formula is C15H19N3. The largest absolute Gasteiger partial charge is 0.366 e. The number of anilines is 1. The lowest BCUT2D eigenvalue weighted by Crippen LogP contribution is -2.38. The Hall–Kier alpha value is -1.61. The molecule has 1 aliphatic heterocycles. The van der Waals surface area contributed by atoms with E-state index in [4.69, 9.17) is 0 Å². The second kappa shape index (κ2) is 4.94. The second-order valence-electron chi connectivity index (χ2n) is 5.02. The van der Waals surface area contributed by atoms with Crippen LogP contribution in [0.2, 0.25) is 0 Å². The smallest absolute Gasteiger partial charge is 0.134 e. The predicted molar refractivity (Wildman–Crippen MR) is 76.0 cm³/mol. The first-order valence-corrected chi connectivity index (χ1v) is 6.66. The zero-order valence-corrected chi connectivity index (χ0v) is 10.7. The van der Waals surface area contributed by atoms with Crippen molar-refractivity contribution in [1.29, 1.82) is 0 Å². The first-order chi connectivity index (χ1) is 8.84. The first-order valence-electron chi connectivity index (χ1n) is 6.66. The van der Waals surface area contributed by atoms with Gasteiger partial charge in [0.1, 0.15) is 5.82 Å². The molecule has 0 unspecified atom stereocenters. The van der Waals surface area contributed by atoms with Gasteiger partial charge in [-0.1, -0.05) is 18.2 Å². The Bertz CT molecular complexity index is 539. The average molecular weight is 241 g/mol. The van der Waals surface area contributed by atoms with E-state index in [9.17, 15) is 0 Å². The fourth-order valence-corrected chi connectivity index (χ4v) is 2.69. The van der Waals surface area contributed by atoms with Crippen LogP contribution in [0.3, 0.4) is 0 Å². The van der Waals surface area contributed by atoms with Crippen LogP contribution in [0, 0.1) is 6.92 Å². The highest BCUT2D eigenvalue weighted by molar-refractivity contribution is 5.94. The number of aromatic nitrogens is 1. The molecule has 1 aromatic heterocycles. The van der Waals surface area contributed by atoms with Crippen molar-refractivity contribution in [2.45, 2.75) is 25.8 Å². The number of hydrogen-bond acceptors (Lipinski definition) is 3. The van der Waals surface area contributed by atoms with Crippen molar-refractivity contribution in [3.63, 3.8) is 0 Å². The van der Waals surface area contributed by atoms with Gasteiger partial charge in [-0.15, -0.1) is 0 Å². The number of piperidine rings is 1. The number of nitrogens with one attached hydrogen (secondary N) is 2. The molecule has 3 rings (SSSR count). The maximum atomic E-state index is 4.52. The van der Waals surface area contributed by atoms with E-state index in [2.05, 4.69) is 46.8 Å². The average Bonchev–Trinajstić information content (AvgIpc) is 2.40. The van der Waals surface area contributed by atoms with E-state index >= 15 is 0 Å². The molecule has 3 nitrogen and oxygen atoms in total. The number of nitrogens with zero attached hydrogens (tertiary/aromatic N) is 1. The fourth-order valence-electron chi connectivity index (χ4n) is 2.69. The van der Waals surface area contributed by atoms with Crippen molar-refractivity contribution in [2.24, 2.45) is 0 Å². The molecule has 0 aliphatic carbocycles. The highest BCUT2D eigenvalue weighted by atomic mass is 15.1. The first kappa shape index (κ1) is 11.5. The Morgan fingerprint density at radius 1 is 1.33 bits per heavy atom. The molecule has 0 bridgehead atoms. The maximum absolute atomic E-state index is 4.52. The van der Waals surface area contributed by atoms with Crippen molar-refractivity contribution in [2.75, 3.05) is 18.4 Å². The highest BCUT2D eigenvalue weighted by Crippen LogP contribution is 2.25. The van der Waals surface area contributed by atoms with E-state index in [1.54, 1.807) is 0 Å². The minimum absolute atomic E-state index is 0.497. The molecule has 0 radical (unpaired) electrons. The van der Waals surface area contributed by atoms with E-state index in [1.807, 2.05) is 6.20 Å². The van der Waals surface area contributed by atoms with E-state index < -0.39 is 0 Å². The third kappa shape index (κ3) is 2.18.